The van der Waals surface area contributed by atoms with Crippen molar-refractivity contribution in [2.45, 2.75) is 23.6 Å². The summed E-state index contributed by atoms with van der Waals surface area (Å²) in [5.74, 6) is 0. The van der Waals surface area contributed by atoms with Crippen molar-refractivity contribution in [3.63, 3.8) is 0 Å². The van der Waals surface area contributed by atoms with Crippen molar-refractivity contribution in [2.24, 2.45) is 0 Å². The molecule has 0 fully saturated rings. The van der Waals surface area contributed by atoms with Gasteiger partial charge in [0.25, 0.3) is 5.69 Å². The summed E-state index contributed by atoms with van der Waals surface area (Å²) in [6.45, 7) is 4.16. The summed E-state index contributed by atoms with van der Waals surface area (Å²) in [4.78, 5) is 12.4. The molecule has 0 atom stereocenters. The second kappa shape index (κ2) is 5.23. The number of non-ortho nitro benzene ring substituents is 1. The highest BCUT2D eigenvalue weighted by Gasteiger charge is 2.06. The maximum Gasteiger partial charge on any atom is 0.269 e. The highest BCUT2D eigenvalue weighted by atomic mass is 32.2. The van der Waals surface area contributed by atoms with E-state index in [1.54, 1.807) is 23.9 Å². The van der Waals surface area contributed by atoms with E-state index in [-0.39, 0.29) is 10.6 Å². The zero-order chi connectivity index (χ0) is 13.1. The fourth-order valence-electron chi connectivity index (χ4n) is 1.60. The van der Waals surface area contributed by atoms with Crippen molar-refractivity contribution in [2.75, 3.05) is 0 Å². The Morgan fingerprint density at radius 1 is 1.06 bits per heavy atom. The van der Waals surface area contributed by atoms with Gasteiger partial charge in [-0.25, -0.2) is 0 Å². The van der Waals surface area contributed by atoms with E-state index in [4.69, 9.17) is 0 Å². The van der Waals surface area contributed by atoms with Crippen LogP contribution >= 0.6 is 11.8 Å². The molecule has 0 bridgehead atoms. The quantitative estimate of drug-likeness (QED) is 0.607. The average molecular weight is 259 g/mol. The molecule has 2 rings (SSSR count). The Morgan fingerprint density at radius 3 is 2.33 bits per heavy atom. The molecular weight excluding hydrogens is 246 g/mol. The summed E-state index contributed by atoms with van der Waals surface area (Å²) in [5.41, 5.74) is 2.63. The third kappa shape index (κ3) is 2.71. The van der Waals surface area contributed by atoms with E-state index >= 15 is 0 Å². The maximum atomic E-state index is 10.6. The standard InChI is InChI=1S/C14H13NO2S/c1-10-4-3-5-14(11(10)2)18-13-8-6-12(7-9-13)15(16)17/h3-9H,1-2H3. The molecule has 0 saturated carbocycles. The molecule has 2 aromatic carbocycles. The third-order valence-electron chi connectivity index (χ3n) is 2.83. The lowest BCUT2D eigenvalue weighted by atomic mass is 10.1. The van der Waals surface area contributed by atoms with Crippen LogP contribution in [0, 0.1) is 24.0 Å². The molecule has 0 aliphatic carbocycles. The first kappa shape index (κ1) is 12.6. The molecule has 0 saturated heterocycles. The summed E-state index contributed by atoms with van der Waals surface area (Å²) in [5, 5.41) is 10.6. The molecule has 0 amide bonds. The van der Waals surface area contributed by atoms with E-state index in [1.807, 2.05) is 6.07 Å². The van der Waals surface area contributed by atoms with Gasteiger partial charge in [0, 0.05) is 21.9 Å². The van der Waals surface area contributed by atoms with E-state index < -0.39 is 0 Å². The molecule has 0 N–H and O–H groups in total. The van der Waals surface area contributed by atoms with Crippen LogP contribution in [0.4, 0.5) is 5.69 Å². The highest BCUT2D eigenvalue weighted by molar-refractivity contribution is 7.99. The first-order chi connectivity index (χ1) is 8.58. The molecular formula is C14H13NO2S. The van der Waals surface area contributed by atoms with Gasteiger partial charge in [0.1, 0.15) is 0 Å². The Hall–Kier alpha value is -1.81. The van der Waals surface area contributed by atoms with Gasteiger partial charge in [0.2, 0.25) is 0 Å². The highest BCUT2D eigenvalue weighted by Crippen LogP contribution is 2.32. The molecule has 4 heteroatoms. The summed E-state index contributed by atoms with van der Waals surface area (Å²) in [6.07, 6.45) is 0. The lowest BCUT2D eigenvalue weighted by molar-refractivity contribution is -0.384. The van der Waals surface area contributed by atoms with Crippen LogP contribution in [0.1, 0.15) is 11.1 Å². The van der Waals surface area contributed by atoms with Crippen molar-refractivity contribution in [3.05, 3.63) is 63.7 Å². The summed E-state index contributed by atoms with van der Waals surface area (Å²) in [6, 6.07) is 12.8. The minimum Gasteiger partial charge on any atom is -0.258 e. The largest absolute Gasteiger partial charge is 0.269 e. The molecule has 92 valence electrons. The van der Waals surface area contributed by atoms with Crippen molar-refractivity contribution < 1.29 is 4.92 Å². The Kier molecular flexibility index (Phi) is 3.67. The second-order valence-electron chi connectivity index (χ2n) is 4.05. The van der Waals surface area contributed by atoms with Gasteiger partial charge in [-0.3, -0.25) is 10.1 Å². The first-order valence-electron chi connectivity index (χ1n) is 5.56. The topological polar surface area (TPSA) is 43.1 Å². The molecule has 0 aromatic heterocycles. The van der Waals surface area contributed by atoms with Crippen LogP contribution < -0.4 is 0 Å². The van der Waals surface area contributed by atoms with Gasteiger partial charge in [0.15, 0.2) is 0 Å². The summed E-state index contributed by atoms with van der Waals surface area (Å²) in [7, 11) is 0. The Balaban J connectivity index is 2.24. The van der Waals surface area contributed by atoms with E-state index in [9.17, 15) is 10.1 Å². The van der Waals surface area contributed by atoms with E-state index in [0.717, 1.165) is 4.90 Å². The number of nitro benzene ring substituents is 1. The van der Waals surface area contributed by atoms with E-state index in [2.05, 4.69) is 26.0 Å². The van der Waals surface area contributed by atoms with Crippen LogP contribution in [-0.4, -0.2) is 4.92 Å². The van der Waals surface area contributed by atoms with Crippen LogP contribution in [0.2, 0.25) is 0 Å². The lowest BCUT2D eigenvalue weighted by Gasteiger charge is -2.07. The van der Waals surface area contributed by atoms with Crippen LogP contribution in [0.3, 0.4) is 0 Å². The lowest BCUT2D eigenvalue weighted by Crippen LogP contribution is -1.87. The predicted octanol–water partition coefficient (Wildman–Crippen LogP) is 4.36. The smallest absolute Gasteiger partial charge is 0.258 e. The predicted molar refractivity (Wildman–Crippen MR) is 73.1 cm³/mol. The zero-order valence-electron chi connectivity index (χ0n) is 10.2. The molecule has 0 radical (unpaired) electrons. The number of aryl methyl sites for hydroxylation is 1. The van der Waals surface area contributed by atoms with Crippen LogP contribution in [0.15, 0.2) is 52.3 Å². The van der Waals surface area contributed by atoms with Gasteiger partial charge in [0.05, 0.1) is 4.92 Å². The number of hydrogen-bond donors (Lipinski definition) is 0. The fourth-order valence-corrected chi connectivity index (χ4v) is 2.58. The molecule has 0 heterocycles. The van der Waals surface area contributed by atoms with Crippen molar-refractivity contribution in [1.82, 2.24) is 0 Å². The number of hydrogen-bond acceptors (Lipinski definition) is 3. The van der Waals surface area contributed by atoms with Crippen molar-refractivity contribution in [3.8, 4) is 0 Å². The molecule has 0 aliphatic rings. The molecule has 0 aliphatic heterocycles. The molecule has 0 spiro atoms. The van der Waals surface area contributed by atoms with Crippen LogP contribution in [0.25, 0.3) is 0 Å². The van der Waals surface area contributed by atoms with Gasteiger partial charge >= 0.3 is 0 Å². The van der Waals surface area contributed by atoms with Gasteiger partial charge < -0.3 is 0 Å². The maximum absolute atomic E-state index is 10.6. The van der Waals surface area contributed by atoms with Gasteiger partial charge in [-0.2, -0.15) is 0 Å². The fraction of sp³-hybridized carbons (Fsp3) is 0.143. The monoisotopic (exact) mass is 259 g/mol. The Bertz CT molecular complexity index is 579. The Labute approximate surface area is 110 Å². The van der Waals surface area contributed by atoms with Gasteiger partial charge in [-0.15, -0.1) is 0 Å². The SMILES string of the molecule is Cc1cccc(Sc2ccc([N+](=O)[O-])cc2)c1C. The summed E-state index contributed by atoms with van der Waals surface area (Å²) < 4.78 is 0. The van der Waals surface area contributed by atoms with Crippen molar-refractivity contribution in [1.29, 1.82) is 0 Å². The zero-order valence-corrected chi connectivity index (χ0v) is 11.0. The second-order valence-corrected chi connectivity index (χ2v) is 5.17. The minimum absolute atomic E-state index is 0.125. The number of nitrogens with zero attached hydrogens (tertiary/aromatic N) is 1. The summed E-state index contributed by atoms with van der Waals surface area (Å²) >= 11 is 1.63. The van der Waals surface area contributed by atoms with Gasteiger partial charge in [-0.05, 0) is 43.2 Å². The van der Waals surface area contributed by atoms with Crippen molar-refractivity contribution >= 4 is 17.4 Å². The van der Waals surface area contributed by atoms with E-state index in [1.165, 1.54) is 28.2 Å². The molecule has 2 aromatic rings. The number of rotatable bonds is 3. The average Bonchev–Trinajstić information content (AvgIpc) is 2.36. The van der Waals surface area contributed by atoms with Crippen LogP contribution in [0.5, 0.6) is 0 Å². The molecule has 3 nitrogen and oxygen atoms in total. The molecule has 0 unspecified atom stereocenters. The van der Waals surface area contributed by atoms with Gasteiger partial charge in [-0.1, -0.05) is 23.9 Å². The Morgan fingerprint density at radius 2 is 1.72 bits per heavy atom. The minimum atomic E-state index is -0.383. The van der Waals surface area contributed by atoms with E-state index in [0.29, 0.717) is 0 Å². The third-order valence-corrected chi connectivity index (χ3v) is 4.00. The number of benzene rings is 2. The normalized spacial score (nSPS) is 10.3. The first-order valence-corrected chi connectivity index (χ1v) is 6.38. The number of nitro groups is 1. The molecule has 18 heavy (non-hydrogen) atoms. The van der Waals surface area contributed by atoms with Crippen LogP contribution in [-0.2, 0) is 0 Å².